The molecule has 170 valence electrons. The number of amides is 2. The number of carbonyl (C=O) groups excluding carboxylic acids is 2. The van der Waals surface area contributed by atoms with Crippen LogP contribution in [0.1, 0.15) is 26.5 Å². The number of imidazole rings is 1. The Hall–Kier alpha value is -3.97. The predicted octanol–water partition coefficient (Wildman–Crippen LogP) is 3.61. The monoisotopic (exact) mass is 451 g/mol. The minimum atomic E-state index is -0.254. The summed E-state index contributed by atoms with van der Waals surface area (Å²) < 4.78 is 2.15. The molecule has 1 fully saturated rings. The molecule has 0 atom stereocenters. The van der Waals surface area contributed by atoms with Gasteiger partial charge in [-0.2, -0.15) is 0 Å². The number of rotatable bonds is 5. The molecule has 7 nitrogen and oxygen atoms in total. The fourth-order valence-electron chi connectivity index (χ4n) is 4.91. The first-order valence-electron chi connectivity index (χ1n) is 11.6. The maximum Gasteiger partial charge on any atom is 0.261 e. The van der Waals surface area contributed by atoms with E-state index in [2.05, 4.69) is 44.7 Å². The number of aromatic nitrogens is 2. The van der Waals surface area contributed by atoms with Gasteiger partial charge in [-0.05, 0) is 36.4 Å². The zero-order chi connectivity index (χ0) is 23.1. The summed E-state index contributed by atoms with van der Waals surface area (Å²) in [5, 5.41) is 0. The highest BCUT2D eigenvalue weighted by Crippen LogP contribution is 2.26. The first kappa shape index (κ1) is 20.6. The third-order valence-electron chi connectivity index (χ3n) is 6.75. The smallest absolute Gasteiger partial charge is 0.261 e. The van der Waals surface area contributed by atoms with Crippen LogP contribution in [0.2, 0.25) is 0 Å². The molecular formula is C27H25N5O2. The molecule has 0 aliphatic carbocycles. The van der Waals surface area contributed by atoms with Crippen LogP contribution in [0.15, 0.2) is 78.9 Å². The lowest BCUT2D eigenvalue weighted by atomic mass is 10.1. The summed E-state index contributed by atoms with van der Waals surface area (Å²) in [4.78, 5) is 36.8. The van der Waals surface area contributed by atoms with Gasteiger partial charge < -0.3 is 9.47 Å². The van der Waals surface area contributed by atoms with Gasteiger partial charge in [-0.3, -0.25) is 19.4 Å². The first-order chi connectivity index (χ1) is 16.7. The van der Waals surface area contributed by atoms with Crippen LogP contribution >= 0.6 is 0 Å². The van der Waals surface area contributed by atoms with Gasteiger partial charge in [0, 0.05) is 31.9 Å². The van der Waals surface area contributed by atoms with Crippen LogP contribution < -0.4 is 4.90 Å². The maximum absolute atomic E-state index is 13.0. The Bertz CT molecular complexity index is 1340. The molecule has 2 amide bonds. The van der Waals surface area contributed by atoms with Gasteiger partial charge in [0.1, 0.15) is 5.82 Å². The van der Waals surface area contributed by atoms with Gasteiger partial charge in [-0.15, -0.1) is 0 Å². The van der Waals surface area contributed by atoms with Crippen molar-refractivity contribution in [3.05, 3.63) is 95.8 Å². The van der Waals surface area contributed by atoms with E-state index in [1.54, 1.807) is 24.3 Å². The lowest BCUT2D eigenvalue weighted by Crippen LogP contribution is -2.47. The predicted molar refractivity (Wildman–Crippen MR) is 131 cm³/mol. The normalized spacial score (nSPS) is 16.5. The fourth-order valence-corrected chi connectivity index (χ4v) is 4.91. The van der Waals surface area contributed by atoms with Crippen molar-refractivity contribution >= 4 is 28.5 Å². The molecule has 0 spiro atoms. The molecule has 0 saturated carbocycles. The van der Waals surface area contributed by atoms with E-state index in [9.17, 15) is 9.59 Å². The maximum atomic E-state index is 13.0. The van der Waals surface area contributed by atoms with Crippen molar-refractivity contribution in [2.24, 2.45) is 0 Å². The number of hydrogen-bond donors (Lipinski definition) is 0. The van der Waals surface area contributed by atoms with Crippen LogP contribution in [0.4, 0.5) is 5.69 Å². The standard InChI is InChI=1S/C27H25N5O2/c33-26-21-10-4-5-11-22(21)27(34)31(26)18-25-28-23-12-6-7-13-24(23)32(25)19-29-14-16-30(17-15-29)20-8-2-1-3-9-20/h1-13H,14-19H2. The van der Waals surface area contributed by atoms with Crippen molar-refractivity contribution in [2.45, 2.75) is 13.2 Å². The van der Waals surface area contributed by atoms with Crippen molar-refractivity contribution in [3.8, 4) is 0 Å². The van der Waals surface area contributed by atoms with E-state index in [1.165, 1.54) is 10.6 Å². The van der Waals surface area contributed by atoms with Gasteiger partial charge in [-0.1, -0.05) is 42.5 Å². The number of piperazine rings is 1. The minimum absolute atomic E-state index is 0.158. The quantitative estimate of drug-likeness (QED) is 0.434. The highest BCUT2D eigenvalue weighted by atomic mass is 16.2. The average molecular weight is 452 g/mol. The van der Waals surface area contributed by atoms with E-state index in [0.717, 1.165) is 43.0 Å². The molecule has 3 heterocycles. The molecule has 34 heavy (non-hydrogen) atoms. The number of carbonyl (C=O) groups is 2. The van der Waals surface area contributed by atoms with Crippen molar-refractivity contribution in [3.63, 3.8) is 0 Å². The third-order valence-corrected chi connectivity index (χ3v) is 6.75. The molecule has 3 aromatic carbocycles. The highest BCUT2D eigenvalue weighted by Gasteiger charge is 2.36. The van der Waals surface area contributed by atoms with Gasteiger partial charge in [0.15, 0.2) is 0 Å². The van der Waals surface area contributed by atoms with Crippen molar-refractivity contribution < 1.29 is 9.59 Å². The molecule has 7 heteroatoms. The Morgan fingerprint density at radius 1 is 0.706 bits per heavy atom. The molecule has 0 N–H and O–H groups in total. The molecule has 0 unspecified atom stereocenters. The van der Waals surface area contributed by atoms with Crippen molar-refractivity contribution in [1.29, 1.82) is 0 Å². The number of nitrogens with zero attached hydrogens (tertiary/aromatic N) is 5. The van der Waals surface area contributed by atoms with Gasteiger partial charge in [0.2, 0.25) is 0 Å². The third kappa shape index (κ3) is 3.54. The average Bonchev–Trinajstić information content (AvgIpc) is 3.35. The van der Waals surface area contributed by atoms with E-state index >= 15 is 0 Å². The summed E-state index contributed by atoms with van der Waals surface area (Å²) in [6.07, 6.45) is 0. The van der Waals surface area contributed by atoms with Crippen LogP contribution in [0.25, 0.3) is 11.0 Å². The lowest BCUT2D eigenvalue weighted by molar-refractivity contribution is 0.0634. The second-order valence-corrected chi connectivity index (χ2v) is 8.77. The largest absolute Gasteiger partial charge is 0.369 e. The van der Waals surface area contributed by atoms with E-state index in [1.807, 2.05) is 24.3 Å². The van der Waals surface area contributed by atoms with Crippen LogP contribution in [-0.4, -0.2) is 57.3 Å². The topological polar surface area (TPSA) is 61.7 Å². The molecular weight excluding hydrogens is 426 g/mol. The molecule has 1 saturated heterocycles. The van der Waals surface area contributed by atoms with Gasteiger partial charge in [0.05, 0.1) is 35.4 Å². The van der Waals surface area contributed by atoms with Crippen LogP contribution in [0.5, 0.6) is 0 Å². The zero-order valence-corrected chi connectivity index (χ0v) is 18.8. The summed E-state index contributed by atoms with van der Waals surface area (Å²) in [5.41, 5.74) is 4.07. The second-order valence-electron chi connectivity index (χ2n) is 8.77. The Morgan fingerprint density at radius 2 is 1.32 bits per heavy atom. The van der Waals surface area contributed by atoms with Crippen molar-refractivity contribution in [2.75, 3.05) is 31.1 Å². The zero-order valence-electron chi connectivity index (χ0n) is 18.8. The second kappa shape index (κ2) is 8.43. The van der Waals surface area contributed by atoms with Gasteiger partial charge in [0.25, 0.3) is 11.8 Å². The van der Waals surface area contributed by atoms with E-state index in [0.29, 0.717) is 17.8 Å². The number of para-hydroxylation sites is 3. The van der Waals surface area contributed by atoms with Gasteiger partial charge in [-0.25, -0.2) is 4.98 Å². The number of benzene rings is 3. The molecule has 0 bridgehead atoms. The number of fused-ring (bicyclic) bond motifs is 2. The Kier molecular flexibility index (Phi) is 5.11. The van der Waals surface area contributed by atoms with Crippen LogP contribution in [0.3, 0.4) is 0 Å². The van der Waals surface area contributed by atoms with Crippen molar-refractivity contribution in [1.82, 2.24) is 19.4 Å². The highest BCUT2D eigenvalue weighted by molar-refractivity contribution is 6.21. The van der Waals surface area contributed by atoms with E-state index in [4.69, 9.17) is 4.98 Å². The Balaban J connectivity index is 1.24. The fraction of sp³-hybridized carbons (Fsp3) is 0.222. The summed E-state index contributed by atoms with van der Waals surface area (Å²) in [5.74, 6) is 0.215. The van der Waals surface area contributed by atoms with E-state index in [-0.39, 0.29) is 18.4 Å². The van der Waals surface area contributed by atoms with Gasteiger partial charge >= 0.3 is 0 Å². The SMILES string of the molecule is O=C1c2ccccc2C(=O)N1Cc1nc2ccccc2n1CN1CCN(c2ccccc2)CC1. The number of imide groups is 1. The molecule has 0 radical (unpaired) electrons. The van der Waals surface area contributed by atoms with Crippen LogP contribution in [0, 0.1) is 0 Å². The number of hydrogen-bond acceptors (Lipinski definition) is 5. The molecule has 2 aliphatic heterocycles. The Labute approximate surface area is 197 Å². The summed E-state index contributed by atoms with van der Waals surface area (Å²) >= 11 is 0. The van der Waals surface area contributed by atoms with E-state index < -0.39 is 0 Å². The summed E-state index contributed by atoms with van der Waals surface area (Å²) in [6.45, 7) is 4.57. The molecule has 2 aliphatic rings. The number of anilines is 1. The molecule has 6 rings (SSSR count). The Morgan fingerprint density at radius 3 is 2.03 bits per heavy atom. The minimum Gasteiger partial charge on any atom is -0.369 e. The molecule has 4 aromatic rings. The summed E-state index contributed by atoms with van der Waals surface area (Å²) in [6, 6.07) is 25.5. The lowest BCUT2D eigenvalue weighted by Gasteiger charge is -2.36. The first-order valence-corrected chi connectivity index (χ1v) is 11.6. The van der Waals surface area contributed by atoms with Crippen LogP contribution in [-0.2, 0) is 13.2 Å². The summed E-state index contributed by atoms with van der Waals surface area (Å²) in [7, 11) is 0. The molecule has 1 aromatic heterocycles.